The summed E-state index contributed by atoms with van der Waals surface area (Å²) >= 11 is 0. The van der Waals surface area contributed by atoms with E-state index in [4.69, 9.17) is 4.42 Å². The van der Waals surface area contributed by atoms with Crippen LogP contribution in [0.15, 0.2) is 51.8 Å². The summed E-state index contributed by atoms with van der Waals surface area (Å²) in [6.07, 6.45) is 0. The monoisotopic (exact) mass is 402 g/mol. The maximum absolute atomic E-state index is 12.9. The van der Waals surface area contributed by atoms with Crippen molar-refractivity contribution in [3.05, 3.63) is 59.4 Å². The molecule has 1 atom stereocenters. The van der Waals surface area contributed by atoms with E-state index >= 15 is 0 Å². The zero-order valence-corrected chi connectivity index (χ0v) is 16.9. The lowest BCUT2D eigenvalue weighted by Crippen LogP contribution is -2.27. The molecule has 0 bridgehead atoms. The predicted molar refractivity (Wildman–Crippen MR) is 107 cm³/mol. The van der Waals surface area contributed by atoms with Crippen LogP contribution in [0.25, 0.3) is 11.0 Å². The molecule has 0 saturated carbocycles. The number of benzene rings is 2. The lowest BCUT2D eigenvalue weighted by atomic mass is 10.1. The van der Waals surface area contributed by atoms with Crippen LogP contribution >= 0.6 is 0 Å². The summed E-state index contributed by atoms with van der Waals surface area (Å²) in [6, 6.07) is 11.5. The van der Waals surface area contributed by atoms with E-state index in [1.807, 2.05) is 43.3 Å². The lowest BCUT2D eigenvalue weighted by molar-refractivity contribution is 0.0664. The summed E-state index contributed by atoms with van der Waals surface area (Å²) in [5.74, 6) is -1.38. The summed E-state index contributed by atoms with van der Waals surface area (Å²) in [7, 11) is 0.0242. The van der Waals surface area contributed by atoms with Crippen molar-refractivity contribution in [3.63, 3.8) is 0 Å². The average Bonchev–Trinajstić information content (AvgIpc) is 2.98. The molecule has 7 nitrogen and oxygen atoms in total. The Bertz CT molecular complexity index is 1150. The van der Waals surface area contributed by atoms with Crippen LogP contribution in [-0.2, 0) is 10.0 Å². The third-order valence-electron chi connectivity index (χ3n) is 4.63. The number of hydrogen-bond donors (Lipinski definition) is 2. The minimum Gasteiger partial charge on any atom is -0.475 e. The molecule has 1 aromatic heterocycles. The molecule has 8 heteroatoms. The fourth-order valence-corrected chi connectivity index (χ4v) is 4.27. The topological polar surface area (TPSA) is 99.8 Å². The zero-order valence-electron chi connectivity index (χ0n) is 16.1. The molecule has 1 unspecified atom stereocenters. The van der Waals surface area contributed by atoms with Crippen molar-refractivity contribution >= 4 is 32.6 Å². The largest absolute Gasteiger partial charge is 0.475 e. The predicted octanol–water partition coefficient (Wildman–Crippen LogP) is 3.54. The van der Waals surface area contributed by atoms with E-state index in [0.717, 1.165) is 11.3 Å². The SMILES string of the molecule is Cc1c(C(=O)O)oc2ccc(S(=O)(=O)NC(C)c3cccc(N(C)C)c3)cc12. The van der Waals surface area contributed by atoms with Gasteiger partial charge in [0.25, 0.3) is 0 Å². The molecule has 1 heterocycles. The van der Waals surface area contributed by atoms with Crippen LogP contribution in [0.4, 0.5) is 5.69 Å². The first-order valence-electron chi connectivity index (χ1n) is 8.66. The van der Waals surface area contributed by atoms with Gasteiger partial charge >= 0.3 is 5.97 Å². The number of aromatic carboxylic acids is 1. The Morgan fingerprint density at radius 3 is 2.54 bits per heavy atom. The number of furan rings is 1. The van der Waals surface area contributed by atoms with Crippen molar-refractivity contribution in [2.45, 2.75) is 24.8 Å². The molecule has 148 valence electrons. The Kier molecular flexibility index (Phi) is 5.18. The van der Waals surface area contributed by atoms with Gasteiger partial charge in [0.05, 0.1) is 4.90 Å². The molecule has 0 aliphatic rings. The summed E-state index contributed by atoms with van der Waals surface area (Å²) in [6.45, 7) is 3.37. The summed E-state index contributed by atoms with van der Waals surface area (Å²) in [4.78, 5) is 13.2. The number of aryl methyl sites for hydroxylation is 1. The number of carboxylic acids is 1. The van der Waals surface area contributed by atoms with Crippen LogP contribution in [0, 0.1) is 6.92 Å². The van der Waals surface area contributed by atoms with E-state index in [1.165, 1.54) is 18.2 Å². The van der Waals surface area contributed by atoms with Gasteiger partial charge in [-0.1, -0.05) is 12.1 Å². The molecule has 3 rings (SSSR count). The first-order valence-corrected chi connectivity index (χ1v) is 10.1. The number of hydrogen-bond acceptors (Lipinski definition) is 5. The Morgan fingerprint density at radius 2 is 1.89 bits per heavy atom. The van der Waals surface area contributed by atoms with Gasteiger partial charge in [0.2, 0.25) is 15.8 Å². The zero-order chi connectivity index (χ0) is 20.6. The van der Waals surface area contributed by atoms with E-state index in [1.54, 1.807) is 13.8 Å². The normalized spacial score (nSPS) is 12.9. The van der Waals surface area contributed by atoms with Gasteiger partial charge in [-0.3, -0.25) is 0 Å². The Hall–Kier alpha value is -2.84. The molecule has 2 aromatic carbocycles. The van der Waals surface area contributed by atoms with Crippen molar-refractivity contribution in [2.24, 2.45) is 0 Å². The molecular weight excluding hydrogens is 380 g/mol. The van der Waals surface area contributed by atoms with E-state index in [9.17, 15) is 18.3 Å². The quantitative estimate of drug-likeness (QED) is 0.654. The van der Waals surface area contributed by atoms with E-state index in [2.05, 4.69) is 4.72 Å². The number of nitrogens with zero attached hydrogens (tertiary/aromatic N) is 1. The van der Waals surface area contributed by atoms with Crippen LogP contribution in [-0.4, -0.2) is 33.6 Å². The second-order valence-electron chi connectivity index (χ2n) is 6.85. The molecule has 0 fully saturated rings. The number of carboxylic acid groups (broad SMARTS) is 1. The molecule has 0 aliphatic carbocycles. The number of nitrogens with one attached hydrogen (secondary N) is 1. The van der Waals surface area contributed by atoms with Gasteiger partial charge in [0.1, 0.15) is 5.58 Å². The fourth-order valence-electron chi connectivity index (χ4n) is 3.01. The third kappa shape index (κ3) is 3.74. The summed E-state index contributed by atoms with van der Waals surface area (Å²) in [5.41, 5.74) is 2.54. The Morgan fingerprint density at radius 1 is 1.18 bits per heavy atom. The second kappa shape index (κ2) is 7.29. The number of sulfonamides is 1. The van der Waals surface area contributed by atoms with Gasteiger partial charge < -0.3 is 14.4 Å². The minimum absolute atomic E-state index is 0.0523. The highest BCUT2D eigenvalue weighted by atomic mass is 32.2. The Labute approximate surface area is 163 Å². The second-order valence-corrected chi connectivity index (χ2v) is 8.57. The van der Waals surface area contributed by atoms with Crippen molar-refractivity contribution in [3.8, 4) is 0 Å². The third-order valence-corrected chi connectivity index (χ3v) is 6.17. The van der Waals surface area contributed by atoms with Gasteiger partial charge in [-0.2, -0.15) is 0 Å². The van der Waals surface area contributed by atoms with Crippen LogP contribution in [0.2, 0.25) is 0 Å². The van der Waals surface area contributed by atoms with Gasteiger partial charge in [0.15, 0.2) is 0 Å². The van der Waals surface area contributed by atoms with Gasteiger partial charge in [-0.05, 0) is 49.7 Å². The van der Waals surface area contributed by atoms with Crippen LogP contribution in [0.1, 0.15) is 34.6 Å². The van der Waals surface area contributed by atoms with Crippen molar-refractivity contribution < 1.29 is 22.7 Å². The maximum Gasteiger partial charge on any atom is 0.372 e. The molecule has 28 heavy (non-hydrogen) atoms. The smallest absolute Gasteiger partial charge is 0.372 e. The molecule has 0 amide bonds. The molecule has 0 spiro atoms. The van der Waals surface area contributed by atoms with Crippen LogP contribution in [0.3, 0.4) is 0 Å². The average molecular weight is 402 g/mol. The van der Waals surface area contributed by atoms with E-state index in [-0.39, 0.29) is 10.7 Å². The molecule has 0 saturated heterocycles. The summed E-state index contributed by atoms with van der Waals surface area (Å²) in [5, 5.41) is 9.64. The summed E-state index contributed by atoms with van der Waals surface area (Å²) < 4.78 is 33.7. The molecule has 2 N–H and O–H groups in total. The van der Waals surface area contributed by atoms with Crippen molar-refractivity contribution in [1.82, 2.24) is 4.72 Å². The first-order chi connectivity index (χ1) is 13.1. The molecular formula is C20H22N2O5S. The van der Waals surface area contributed by atoms with Crippen LogP contribution < -0.4 is 9.62 Å². The highest BCUT2D eigenvalue weighted by molar-refractivity contribution is 7.89. The maximum atomic E-state index is 12.9. The molecule has 0 radical (unpaired) electrons. The number of rotatable bonds is 6. The first kappa shape index (κ1) is 19.9. The number of fused-ring (bicyclic) bond motifs is 1. The Balaban J connectivity index is 1.93. The number of carbonyl (C=O) groups is 1. The molecule has 3 aromatic rings. The minimum atomic E-state index is -3.81. The fraction of sp³-hybridized carbons (Fsp3) is 0.250. The van der Waals surface area contributed by atoms with Gasteiger partial charge in [-0.25, -0.2) is 17.9 Å². The molecule has 0 aliphatic heterocycles. The number of anilines is 1. The van der Waals surface area contributed by atoms with E-state index in [0.29, 0.717) is 16.5 Å². The highest BCUT2D eigenvalue weighted by Crippen LogP contribution is 2.28. The standard InChI is InChI=1S/C20H22N2O5S/c1-12-17-11-16(8-9-18(17)27-19(12)20(23)24)28(25,26)21-13(2)14-6-5-7-15(10-14)22(3)4/h5-11,13,21H,1-4H3,(H,23,24). The van der Waals surface area contributed by atoms with Gasteiger partial charge in [-0.15, -0.1) is 0 Å². The van der Waals surface area contributed by atoms with Crippen LogP contribution in [0.5, 0.6) is 0 Å². The van der Waals surface area contributed by atoms with Crippen molar-refractivity contribution in [1.29, 1.82) is 0 Å². The van der Waals surface area contributed by atoms with Crippen molar-refractivity contribution in [2.75, 3.05) is 19.0 Å². The highest BCUT2D eigenvalue weighted by Gasteiger charge is 2.22. The lowest BCUT2D eigenvalue weighted by Gasteiger charge is -2.18. The van der Waals surface area contributed by atoms with E-state index < -0.39 is 22.0 Å². The van der Waals surface area contributed by atoms with Gasteiger partial charge in [0, 0.05) is 36.8 Å².